The number of amides is 1. The van der Waals surface area contributed by atoms with E-state index >= 15 is 0 Å². The summed E-state index contributed by atoms with van der Waals surface area (Å²) in [6, 6.07) is 5.63. The maximum absolute atomic E-state index is 12.3. The number of aryl methyl sites for hydroxylation is 1. The van der Waals surface area contributed by atoms with Crippen molar-refractivity contribution in [3.05, 3.63) is 47.0 Å². The number of fused-ring (bicyclic) bond motifs is 1. The number of halogens is 1. The smallest absolute Gasteiger partial charge is 0.254 e. The molecule has 27 heavy (non-hydrogen) atoms. The van der Waals surface area contributed by atoms with Crippen molar-refractivity contribution in [1.82, 2.24) is 25.1 Å². The van der Waals surface area contributed by atoms with Crippen LogP contribution in [0, 0.1) is 0 Å². The molecule has 1 fully saturated rings. The molecule has 8 heteroatoms. The van der Waals surface area contributed by atoms with Gasteiger partial charge in [-0.25, -0.2) is 9.97 Å². The number of nitrogens with one attached hydrogen (secondary N) is 1. The molecule has 1 saturated heterocycles. The van der Waals surface area contributed by atoms with Gasteiger partial charge in [-0.05, 0) is 38.0 Å². The highest BCUT2D eigenvalue weighted by Crippen LogP contribution is 2.29. The Morgan fingerprint density at radius 3 is 2.81 bits per heavy atom. The van der Waals surface area contributed by atoms with E-state index in [-0.39, 0.29) is 12.5 Å². The van der Waals surface area contributed by atoms with Crippen molar-refractivity contribution < 1.29 is 4.79 Å². The van der Waals surface area contributed by atoms with Crippen molar-refractivity contribution in [2.24, 2.45) is 0 Å². The van der Waals surface area contributed by atoms with E-state index in [9.17, 15) is 4.79 Å². The van der Waals surface area contributed by atoms with Crippen molar-refractivity contribution in [3.8, 4) is 0 Å². The Balaban J connectivity index is 1.59. The van der Waals surface area contributed by atoms with E-state index in [1.807, 2.05) is 25.1 Å². The van der Waals surface area contributed by atoms with Crippen LogP contribution in [-0.4, -0.2) is 38.7 Å². The Kier molecular flexibility index (Phi) is 4.94. The van der Waals surface area contributed by atoms with Gasteiger partial charge in [0, 0.05) is 36.2 Å². The topological polar surface area (TPSA) is 75.9 Å². The van der Waals surface area contributed by atoms with E-state index in [0.717, 1.165) is 49.2 Å². The van der Waals surface area contributed by atoms with Crippen molar-refractivity contribution in [3.63, 3.8) is 0 Å². The monoisotopic (exact) mass is 384 g/mol. The van der Waals surface area contributed by atoms with Crippen LogP contribution in [0.15, 0.2) is 30.6 Å². The summed E-state index contributed by atoms with van der Waals surface area (Å²) >= 11 is 6.18. The maximum atomic E-state index is 12.3. The summed E-state index contributed by atoms with van der Waals surface area (Å²) in [5, 5.41) is 8.63. The molecule has 0 unspecified atom stereocenters. The minimum absolute atomic E-state index is 0.183. The molecule has 1 aliphatic heterocycles. The van der Waals surface area contributed by atoms with Gasteiger partial charge in [-0.2, -0.15) is 5.10 Å². The summed E-state index contributed by atoms with van der Waals surface area (Å²) in [4.78, 5) is 23.9. The van der Waals surface area contributed by atoms with Crippen LogP contribution in [-0.2, 0) is 13.1 Å². The fourth-order valence-electron chi connectivity index (χ4n) is 3.30. The van der Waals surface area contributed by atoms with Gasteiger partial charge in [-0.15, -0.1) is 0 Å². The lowest BCUT2D eigenvalue weighted by molar-refractivity contribution is 0.0950. The van der Waals surface area contributed by atoms with E-state index < -0.39 is 0 Å². The number of hydrogen-bond acceptors (Lipinski definition) is 5. The number of carbonyl (C=O) groups excluding carboxylic acids is 1. The molecule has 4 rings (SSSR count). The largest absolute Gasteiger partial charge is 0.356 e. The SMILES string of the molecule is CCn1cc(C(=O)NCc2nc(N3CCCC3)c3cc(Cl)ccc3n2)cn1. The molecule has 1 N–H and O–H groups in total. The van der Waals surface area contributed by atoms with Gasteiger partial charge < -0.3 is 10.2 Å². The summed E-state index contributed by atoms with van der Waals surface area (Å²) in [5.74, 6) is 1.29. The van der Waals surface area contributed by atoms with E-state index in [0.29, 0.717) is 16.4 Å². The van der Waals surface area contributed by atoms with Crippen LogP contribution in [0.2, 0.25) is 5.02 Å². The van der Waals surface area contributed by atoms with E-state index in [2.05, 4.69) is 20.3 Å². The van der Waals surface area contributed by atoms with Crippen molar-refractivity contribution in [1.29, 1.82) is 0 Å². The van der Waals surface area contributed by atoms with Crippen molar-refractivity contribution >= 4 is 34.2 Å². The lowest BCUT2D eigenvalue weighted by atomic mass is 10.2. The van der Waals surface area contributed by atoms with Gasteiger partial charge in [0.1, 0.15) is 5.82 Å². The number of rotatable bonds is 5. The normalized spacial score (nSPS) is 14.1. The number of aromatic nitrogens is 4. The molecule has 3 aromatic rings. The van der Waals surface area contributed by atoms with Gasteiger partial charge in [0.05, 0.1) is 23.8 Å². The first-order valence-electron chi connectivity index (χ1n) is 9.16. The van der Waals surface area contributed by atoms with Gasteiger partial charge in [0.15, 0.2) is 5.82 Å². The number of anilines is 1. The van der Waals surface area contributed by atoms with Gasteiger partial charge in [-0.1, -0.05) is 11.6 Å². The Morgan fingerprint density at radius 1 is 1.26 bits per heavy atom. The fourth-order valence-corrected chi connectivity index (χ4v) is 3.47. The Bertz CT molecular complexity index is 979. The average molecular weight is 385 g/mol. The zero-order valence-corrected chi connectivity index (χ0v) is 15.9. The van der Waals surface area contributed by atoms with Crippen molar-refractivity contribution in [2.45, 2.75) is 32.9 Å². The highest BCUT2D eigenvalue weighted by molar-refractivity contribution is 6.31. The number of nitrogens with zero attached hydrogens (tertiary/aromatic N) is 5. The Labute approximate surface area is 162 Å². The first-order chi connectivity index (χ1) is 13.1. The molecule has 7 nitrogen and oxygen atoms in total. The van der Waals surface area contributed by atoms with Crippen LogP contribution >= 0.6 is 11.6 Å². The molecule has 0 radical (unpaired) electrons. The highest BCUT2D eigenvalue weighted by atomic mass is 35.5. The Hall–Kier alpha value is -2.67. The third-order valence-electron chi connectivity index (χ3n) is 4.72. The molecule has 1 aliphatic rings. The zero-order chi connectivity index (χ0) is 18.8. The van der Waals surface area contributed by atoms with Crippen LogP contribution in [0.1, 0.15) is 35.9 Å². The van der Waals surface area contributed by atoms with E-state index in [1.54, 1.807) is 17.1 Å². The number of hydrogen-bond donors (Lipinski definition) is 1. The summed E-state index contributed by atoms with van der Waals surface area (Å²) in [6.45, 7) is 4.91. The molecule has 0 bridgehead atoms. The highest BCUT2D eigenvalue weighted by Gasteiger charge is 2.19. The number of benzene rings is 1. The van der Waals surface area contributed by atoms with E-state index in [1.165, 1.54) is 0 Å². The van der Waals surface area contributed by atoms with Crippen LogP contribution in [0.25, 0.3) is 10.9 Å². The van der Waals surface area contributed by atoms with Crippen LogP contribution in [0.4, 0.5) is 5.82 Å². The van der Waals surface area contributed by atoms with Gasteiger partial charge in [0.25, 0.3) is 5.91 Å². The second-order valence-electron chi connectivity index (χ2n) is 6.59. The molecule has 2 aromatic heterocycles. The molecule has 3 heterocycles. The molecular weight excluding hydrogens is 364 g/mol. The molecule has 0 spiro atoms. The third kappa shape index (κ3) is 3.73. The molecule has 1 amide bonds. The quantitative estimate of drug-likeness (QED) is 0.731. The molecule has 1 aromatic carbocycles. The van der Waals surface area contributed by atoms with Crippen LogP contribution in [0.5, 0.6) is 0 Å². The van der Waals surface area contributed by atoms with Crippen LogP contribution in [0.3, 0.4) is 0 Å². The number of carbonyl (C=O) groups is 1. The molecular formula is C19H21ClN6O. The Morgan fingerprint density at radius 2 is 2.07 bits per heavy atom. The van der Waals surface area contributed by atoms with Gasteiger partial charge in [0.2, 0.25) is 0 Å². The molecule has 0 atom stereocenters. The van der Waals surface area contributed by atoms with Crippen molar-refractivity contribution in [2.75, 3.05) is 18.0 Å². The minimum Gasteiger partial charge on any atom is -0.356 e. The molecule has 0 aliphatic carbocycles. The van der Waals surface area contributed by atoms with Gasteiger partial charge in [-0.3, -0.25) is 9.48 Å². The summed E-state index contributed by atoms with van der Waals surface area (Å²) in [5.41, 5.74) is 1.36. The first-order valence-corrected chi connectivity index (χ1v) is 9.53. The predicted octanol–water partition coefficient (Wildman–Crippen LogP) is 3.03. The minimum atomic E-state index is -0.183. The molecule has 140 valence electrons. The standard InChI is InChI=1S/C19H21ClN6O/c1-2-26-12-13(10-22-26)19(27)21-11-17-23-16-6-5-14(20)9-15(16)18(24-17)25-7-3-4-8-25/h5-6,9-10,12H,2-4,7-8,11H2,1H3,(H,21,27). The summed E-state index contributed by atoms with van der Waals surface area (Å²) in [6.07, 6.45) is 5.60. The van der Waals surface area contributed by atoms with Crippen LogP contribution < -0.4 is 10.2 Å². The predicted molar refractivity (Wildman–Crippen MR) is 105 cm³/mol. The first kappa shape index (κ1) is 17.7. The van der Waals surface area contributed by atoms with E-state index in [4.69, 9.17) is 16.6 Å². The maximum Gasteiger partial charge on any atom is 0.254 e. The second-order valence-corrected chi connectivity index (χ2v) is 7.02. The zero-order valence-electron chi connectivity index (χ0n) is 15.2. The fraction of sp³-hybridized carbons (Fsp3) is 0.368. The van der Waals surface area contributed by atoms with Gasteiger partial charge >= 0.3 is 0 Å². The average Bonchev–Trinajstić information content (AvgIpc) is 3.37. The second kappa shape index (κ2) is 7.52. The lowest BCUT2D eigenvalue weighted by Crippen LogP contribution is -2.25. The summed E-state index contributed by atoms with van der Waals surface area (Å²) < 4.78 is 1.72. The third-order valence-corrected chi connectivity index (χ3v) is 4.95. The molecule has 0 saturated carbocycles. The summed E-state index contributed by atoms with van der Waals surface area (Å²) in [7, 11) is 0. The lowest BCUT2D eigenvalue weighted by Gasteiger charge is -2.19.